The molecule has 0 aliphatic heterocycles. The summed E-state index contributed by atoms with van der Waals surface area (Å²) in [6, 6.07) is 0.712. The quantitative estimate of drug-likeness (QED) is 0.625. The Morgan fingerprint density at radius 1 is 1.46 bits per heavy atom. The normalized spacial score (nSPS) is 10.6. The summed E-state index contributed by atoms with van der Waals surface area (Å²) < 4.78 is 26.7. The monoisotopic (exact) mass is 182 g/mol. The maximum absolute atomic E-state index is 13.1. The van der Waals surface area contributed by atoms with E-state index in [1.54, 1.807) is 0 Å². The molecule has 0 atom stereocenters. The molecule has 5 heteroatoms. The number of hydrogen-bond donors (Lipinski definition) is 0. The molecule has 0 bridgehead atoms. The molecule has 66 valence electrons. The molecule has 13 heavy (non-hydrogen) atoms. The summed E-state index contributed by atoms with van der Waals surface area (Å²) in [7, 11) is 0. The third kappa shape index (κ3) is 1.09. The number of aldehydes is 1. The lowest BCUT2D eigenvalue weighted by Crippen LogP contribution is -1.93. The van der Waals surface area contributed by atoms with Gasteiger partial charge in [-0.1, -0.05) is 0 Å². The zero-order chi connectivity index (χ0) is 9.42. The van der Waals surface area contributed by atoms with Crippen LogP contribution in [-0.4, -0.2) is 15.9 Å². The summed E-state index contributed by atoms with van der Waals surface area (Å²) in [6.07, 6.45) is 2.67. The van der Waals surface area contributed by atoms with E-state index in [0.717, 1.165) is 10.7 Å². The first-order valence-corrected chi connectivity index (χ1v) is 3.50. The van der Waals surface area contributed by atoms with E-state index in [0.29, 0.717) is 12.4 Å². The molecule has 0 N–H and O–H groups in total. The molecule has 2 heterocycles. The Balaban J connectivity index is 2.89. The van der Waals surface area contributed by atoms with Gasteiger partial charge >= 0.3 is 0 Å². The van der Waals surface area contributed by atoms with Crippen LogP contribution >= 0.6 is 0 Å². The van der Waals surface area contributed by atoms with Gasteiger partial charge in [0.05, 0.1) is 18.0 Å². The molecule has 0 fully saturated rings. The highest BCUT2D eigenvalue weighted by Gasteiger charge is 2.09. The summed E-state index contributed by atoms with van der Waals surface area (Å²) in [5.41, 5.74) is 0.105. The van der Waals surface area contributed by atoms with E-state index in [4.69, 9.17) is 0 Å². The van der Waals surface area contributed by atoms with Crippen molar-refractivity contribution in [3.05, 3.63) is 35.7 Å². The standard InChI is InChI=1S/C8H4F2N2O/c9-6-1-7(10)8-5(4-13)2-11-12(8)3-6/h1-4H. The maximum Gasteiger partial charge on any atom is 0.153 e. The molecule has 2 rings (SSSR count). The van der Waals surface area contributed by atoms with Crippen LogP contribution in [-0.2, 0) is 0 Å². The van der Waals surface area contributed by atoms with Crippen molar-refractivity contribution in [2.45, 2.75) is 0 Å². The Bertz CT molecular complexity index is 478. The average Bonchev–Trinajstić information content (AvgIpc) is 2.47. The second-order valence-electron chi connectivity index (χ2n) is 2.52. The van der Waals surface area contributed by atoms with Crippen molar-refractivity contribution in [2.75, 3.05) is 0 Å². The van der Waals surface area contributed by atoms with Gasteiger partial charge in [0.25, 0.3) is 0 Å². The van der Waals surface area contributed by atoms with E-state index in [-0.39, 0.29) is 11.1 Å². The van der Waals surface area contributed by atoms with E-state index < -0.39 is 11.6 Å². The van der Waals surface area contributed by atoms with Crippen molar-refractivity contribution in [1.29, 1.82) is 0 Å². The van der Waals surface area contributed by atoms with Crippen molar-refractivity contribution in [1.82, 2.24) is 9.61 Å². The van der Waals surface area contributed by atoms with E-state index in [1.165, 1.54) is 6.20 Å². The first kappa shape index (κ1) is 7.85. The van der Waals surface area contributed by atoms with E-state index in [2.05, 4.69) is 5.10 Å². The minimum Gasteiger partial charge on any atom is -0.298 e. The van der Waals surface area contributed by atoms with Crippen LogP contribution in [0.5, 0.6) is 0 Å². The third-order valence-electron chi connectivity index (χ3n) is 1.69. The molecule has 0 radical (unpaired) electrons. The Labute approximate surface area is 71.6 Å². The molecule has 0 aromatic carbocycles. The average molecular weight is 182 g/mol. The lowest BCUT2D eigenvalue weighted by atomic mass is 10.3. The highest BCUT2D eigenvalue weighted by Crippen LogP contribution is 2.14. The summed E-state index contributed by atoms with van der Waals surface area (Å²) >= 11 is 0. The minimum absolute atomic E-state index is 0.00333. The van der Waals surface area contributed by atoms with Crippen molar-refractivity contribution in [3.8, 4) is 0 Å². The van der Waals surface area contributed by atoms with E-state index in [9.17, 15) is 13.6 Å². The van der Waals surface area contributed by atoms with Crippen molar-refractivity contribution in [3.63, 3.8) is 0 Å². The van der Waals surface area contributed by atoms with Gasteiger partial charge in [-0.25, -0.2) is 13.3 Å². The van der Waals surface area contributed by atoms with E-state index >= 15 is 0 Å². The number of nitrogens with zero attached hydrogens (tertiary/aromatic N) is 2. The van der Waals surface area contributed by atoms with Gasteiger partial charge in [0, 0.05) is 6.07 Å². The second kappa shape index (κ2) is 2.62. The molecule has 0 spiro atoms. The number of pyridine rings is 1. The number of fused-ring (bicyclic) bond motifs is 1. The van der Waals surface area contributed by atoms with Crippen molar-refractivity contribution < 1.29 is 13.6 Å². The van der Waals surface area contributed by atoms with Crippen LogP contribution in [0.1, 0.15) is 10.4 Å². The molecular weight excluding hydrogens is 178 g/mol. The topological polar surface area (TPSA) is 34.4 Å². The zero-order valence-corrected chi connectivity index (χ0v) is 6.37. The highest BCUT2D eigenvalue weighted by atomic mass is 19.1. The third-order valence-corrected chi connectivity index (χ3v) is 1.69. The predicted molar refractivity (Wildman–Crippen MR) is 40.5 cm³/mol. The van der Waals surface area contributed by atoms with Gasteiger partial charge in [-0.15, -0.1) is 0 Å². The van der Waals surface area contributed by atoms with Crippen LogP contribution in [0.3, 0.4) is 0 Å². The smallest absolute Gasteiger partial charge is 0.153 e. The highest BCUT2D eigenvalue weighted by molar-refractivity contribution is 5.85. The fourth-order valence-corrected chi connectivity index (χ4v) is 1.15. The largest absolute Gasteiger partial charge is 0.298 e. The van der Waals surface area contributed by atoms with Crippen LogP contribution in [0.2, 0.25) is 0 Å². The predicted octanol–water partition coefficient (Wildman–Crippen LogP) is 1.43. The fourth-order valence-electron chi connectivity index (χ4n) is 1.15. The van der Waals surface area contributed by atoms with Crippen LogP contribution in [0.4, 0.5) is 8.78 Å². The summed E-state index contributed by atoms with van der Waals surface area (Å²) in [5, 5.41) is 3.62. The molecule has 0 amide bonds. The van der Waals surface area contributed by atoms with Gasteiger partial charge in [0.15, 0.2) is 12.1 Å². The first-order valence-electron chi connectivity index (χ1n) is 3.50. The van der Waals surface area contributed by atoms with Crippen LogP contribution in [0.25, 0.3) is 5.52 Å². The van der Waals surface area contributed by atoms with Gasteiger partial charge in [-0.05, 0) is 0 Å². The molecule has 0 aliphatic rings. The van der Waals surface area contributed by atoms with Gasteiger partial charge in [-0.2, -0.15) is 5.10 Å². The molecule has 0 saturated carbocycles. The maximum atomic E-state index is 13.1. The summed E-state index contributed by atoms with van der Waals surface area (Å²) in [4.78, 5) is 10.4. The van der Waals surface area contributed by atoms with E-state index in [1.807, 2.05) is 0 Å². The summed E-state index contributed by atoms with van der Waals surface area (Å²) in [6.45, 7) is 0. The number of aromatic nitrogens is 2. The second-order valence-corrected chi connectivity index (χ2v) is 2.52. The Morgan fingerprint density at radius 3 is 2.92 bits per heavy atom. The first-order chi connectivity index (χ1) is 6.22. The number of carbonyl (C=O) groups is 1. The zero-order valence-electron chi connectivity index (χ0n) is 6.37. The SMILES string of the molecule is O=Cc1cnn2cc(F)cc(F)c12. The molecule has 3 nitrogen and oxygen atoms in total. The molecule has 0 aliphatic carbocycles. The number of carbonyl (C=O) groups excluding carboxylic acids is 1. The van der Waals surface area contributed by atoms with Crippen LogP contribution < -0.4 is 0 Å². The molecule has 0 saturated heterocycles. The fraction of sp³-hybridized carbons (Fsp3) is 0. The van der Waals surface area contributed by atoms with Crippen molar-refractivity contribution in [2.24, 2.45) is 0 Å². The van der Waals surface area contributed by atoms with Gasteiger partial charge < -0.3 is 0 Å². The van der Waals surface area contributed by atoms with Gasteiger partial charge in [-0.3, -0.25) is 4.79 Å². The Morgan fingerprint density at radius 2 is 2.23 bits per heavy atom. The van der Waals surface area contributed by atoms with Gasteiger partial charge in [0.2, 0.25) is 0 Å². The Kier molecular flexibility index (Phi) is 1.58. The minimum atomic E-state index is -0.792. The summed E-state index contributed by atoms with van der Waals surface area (Å²) in [5.74, 6) is -1.52. The molecule has 2 aromatic rings. The lowest BCUT2D eigenvalue weighted by molar-refractivity contribution is 0.112. The number of hydrogen-bond acceptors (Lipinski definition) is 2. The molecule has 0 unspecified atom stereocenters. The van der Waals surface area contributed by atoms with Crippen LogP contribution in [0, 0.1) is 11.6 Å². The van der Waals surface area contributed by atoms with Crippen LogP contribution in [0.15, 0.2) is 18.5 Å². The number of rotatable bonds is 1. The van der Waals surface area contributed by atoms with Gasteiger partial charge in [0.1, 0.15) is 11.3 Å². The lowest BCUT2D eigenvalue weighted by Gasteiger charge is -1.95. The molecule has 2 aromatic heterocycles. The van der Waals surface area contributed by atoms with Crippen molar-refractivity contribution >= 4 is 11.8 Å². The molecular formula is C8H4F2N2O. The number of halogens is 2. The Hall–Kier alpha value is -1.78.